The average Bonchev–Trinajstić information content (AvgIpc) is 2.40. The van der Waals surface area contributed by atoms with Gasteiger partial charge in [-0.05, 0) is 41.1 Å². The van der Waals surface area contributed by atoms with Crippen molar-refractivity contribution in [3.63, 3.8) is 0 Å². The summed E-state index contributed by atoms with van der Waals surface area (Å²) < 4.78 is 4.57. The van der Waals surface area contributed by atoms with Gasteiger partial charge in [0.25, 0.3) is 0 Å². The monoisotopic (exact) mass is 274 g/mol. The van der Waals surface area contributed by atoms with Crippen LogP contribution in [0.15, 0.2) is 53.4 Å². The minimum Gasteiger partial charge on any atom is -0.449 e. The summed E-state index contributed by atoms with van der Waals surface area (Å²) in [7, 11) is 0. The number of benzene rings is 2. The first-order valence-electron chi connectivity index (χ1n) is 5.93. The van der Waals surface area contributed by atoms with Gasteiger partial charge >= 0.3 is 6.16 Å². The van der Waals surface area contributed by atoms with Gasteiger partial charge < -0.3 is 9.84 Å². The molecule has 2 rings (SSSR count). The molecule has 3 nitrogen and oxygen atoms in total. The van der Waals surface area contributed by atoms with E-state index < -0.39 is 6.16 Å². The summed E-state index contributed by atoms with van der Waals surface area (Å²) in [6, 6.07) is 15.3. The maximum atomic E-state index is 10.4. The summed E-state index contributed by atoms with van der Waals surface area (Å²) in [5, 5.41) is 8.51. The van der Waals surface area contributed by atoms with Crippen molar-refractivity contribution in [1.82, 2.24) is 0 Å². The minimum absolute atomic E-state index is 0.328. The Morgan fingerprint density at radius 1 is 1.05 bits per heavy atom. The van der Waals surface area contributed by atoms with Gasteiger partial charge in [-0.2, -0.15) is 0 Å². The van der Waals surface area contributed by atoms with Crippen molar-refractivity contribution in [3.8, 4) is 16.9 Å². The van der Waals surface area contributed by atoms with E-state index in [0.29, 0.717) is 5.75 Å². The molecule has 0 fully saturated rings. The number of ether oxygens (including phenoxy) is 1. The molecule has 0 unspecified atom stereocenters. The van der Waals surface area contributed by atoms with E-state index >= 15 is 0 Å². The second-order valence-electron chi connectivity index (χ2n) is 3.85. The molecule has 0 aromatic heterocycles. The zero-order valence-electron chi connectivity index (χ0n) is 10.5. The number of carbonyl (C=O) groups is 1. The molecular formula is C15H14O3S. The molecule has 2 aromatic rings. The number of carboxylic acid groups (broad SMARTS) is 1. The zero-order chi connectivity index (χ0) is 13.7. The Bertz CT molecular complexity index is 547. The third-order valence-electron chi connectivity index (χ3n) is 2.56. The summed E-state index contributed by atoms with van der Waals surface area (Å²) in [5.41, 5.74) is 2.13. The van der Waals surface area contributed by atoms with Gasteiger partial charge in [-0.25, -0.2) is 4.79 Å². The Labute approximate surface area is 116 Å². The lowest BCUT2D eigenvalue weighted by atomic mass is 10.1. The van der Waals surface area contributed by atoms with Gasteiger partial charge in [0, 0.05) is 4.90 Å². The first-order valence-corrected chi connectivity index (χ1v) is 6.91. The molecule has 0 atom stereocenters. The van der Waals surface area contributed by atoms with Crippen LogP contribution < -0.4 is 4.74 Å². The minimum atomic E-state index is -1.30. The van der Waals surface area contributed by atoms with Crippen LogP contribution in [0.2, 0.25) is 0 Å². The predicted molar refractivity (Wildman–Crippen MR) is 76.9 cm³/mol. The standard InChI is InChI=1S/C15H14O3S/c1-2-19-14-9-5-12(6-10-14)11-3-7-13(8-4-11)18-15(16)17/h3-10H,2H2,1H3,(H,16,17). The fourth-order valence-corrected chi connectivity index (χ4v) is 2.39. The van der Waals surface area contributed by atoms with Crippen LogP contribution in [-0.2, 0) is 0 Å². The van der Waals surface area contributed by atoms with E-state index in [4.69, 9.17) is 5.11 Å². The molecule has 19 heavy (non-hydrogen) atoms. The average molecular weight is 274 g/mol. The number of rotatable bonds is 4. The largest absolute Gasteiger partial charge is 0.511 e. The van der Waals surface area contributed by atoms with Crippen LogP contribution in [0.1, 0.15) is 6.92 Å². The highest BCUT2D eigenvalue weighted by molar-refractivity contribution is 7.99. The van der Waals surface area contributed by atoms with Crippen LogP contribution >= 0.6 is 11.8 Å². The van der Waals surface area contributed by atoms with Gasteiger partial charge in [-0.15, -0.1) is 11.8 Å². The molecule has 0 aliphatic heterocycles. The van der Waals surface area contributed by atoms with E-state index in [2.05, 4.69) is 35.9 Å². The molecule has 0 aliphatic carbocycles. The maximum absolute atomic E-state index is 10.4. The summed E-state index contributed by atoms with van der Waals surface area (Å²) in [4.78, 5) is 11.6. The molecule has 1 N–H and O–H groups in total. The van der Waals surface area contributed by atoms with Crippen LogP contribution in [0.25, 0.3) is 11.1 Å². The molecule has 0 saturated heterocycles. The molecule has 0 heterocycles. The Hall–Kier alpha value is -1.94. The van der Waals surface area contributed by atoms with Crippen LogP contribution in [0, 0.1) is 0 Å². The summed E-state index contributed by atoms with van der Waals surface area (Å²) in [6.07, 6.45) is -1.30. The highest BCUT2D eigenvalue weighted by Crippen LogP contribution is 2.25. The van der Waals surface area contributed by atoms with E-state index in [1.807, 2.05) is 12.1 Å². The van der Waals surface area contributed by atoms with Crippen LogP contribution in [0.5, 0.6) is 5.75 Å². The smallest absolute Gasteiger partial charge is 0.449 e. The van der Waals surface area contributed by atoms with Crippen molar-refractivity contribution >= 4 is 17.9 Å². The lowest BCUT2D eigenvalue weighted by Gasteiger charge is -2.05. The maximum Gasteiger partial charge on any atom is 0.511 e. The van der Waals surface area contributed by atoms with E-state index in [-0.39, 0.29) is 0 Å². The molecule has 0 aliphatic rings. The molecule has 0 saturated carbocycles. The highest BCUT2D eigenvalue weighted by Gasteiger charge is 2.02. The van der Waals surface area contributed by atoms with Crippen molar-refractivity contribution < 1.29 is 14.6 Å². The van der Waals surface area contributed by atoms with Crippen molar-refractivity contribution in [2.45, 2.75) is 11.8 Å². The number of thioether (sulfide) groups is 1. The summed E-state index contributed by atoms with van der Waals surface area (Å²) in [6.45, 7) is 2.12. The first-order chi connectivity index (χ1) is 9.19. The fraction of sp³-hybridized carbons (Fsp3) is 0.133. The zero-order valence-corrected chi connectivity index (χ0v) is 11.3. The van der Waals surface area contributed by atoms with Gasteiger partial charge in [-0.1, -0.05) is 31.2 Å². The fourth-order valence-electron chi connectivity index (χ4n) is 1.73. The molecule has 98 valence electrons. The molecular weight excluding hydrogens is 260 g/mol. The first kappa shape index (κ1) is 13.5. The van der Waals surface area contributed by atoms with Gasteiger partial charge in [0.05, 0.1) is 0 Å². The molecule has 2 aromatic carbocycles. The Morgan fingerprint density at radius 2 is 1.58 bits per heavy atom. The third-order valence-corrected chi connectivity index (χ3v) is 3.45. The van der Waals surface area contributed by atoms with Gasteiger partial charge in [0.2, 0.25) is 0 Å². The van der Waals surface area contributed by atoms with Crippen molar-refractivity contribution in [1.29, 1.82) is 0 Å². The van der Waals surface area contributed by atoms with Gasteiger partial charge in [-0.3, -0.25) is 0 Å². The van der Waals surface area contributed by atoms with Gasteiger partial charge in [0.15, 0.2) is 0 Å². The van der Waals surface area contributed by atoms with Crippen molar-refractivity contribution in [2.75, 3.05) is 5.75 Å². The molecule has 0 bridgehead atoms. The van der Waals surface area contributed by atoms with E-state index in [0.717, 1.165) is 16.9 Å². The highest BCUT2D eigenvalue weighted by atomic mass is 32.2. The molecule has 0 spiro atoms. The lowest BCUT2D eigenvalue weighted by molar-refractivity contribution is 0.144. The SMILES string of the molecule is CCSc1ccc(-c2ccc(OC(=O)O)cc2)cc1. The third kappa shape index (κ3) is 3.76. The summed E-state index contributed by atoms with van der Waals surface area (Å²) in [5.74, 6) is 1.38. The second-order valence-corrected chi connectivity index (χ2v) is 5.19. The molecule has 0 amide bonds. The normalized spacial score (nSPS) is 10.2. The van der Waals surface area contributed by atoms with Crippen LogP contribution in [0.4, 0.5) is 4.79 Å². The lowest BCUT2D eigenvalue weighted by Crippen LogP contribution is -2.02. The summed E-state index contributed by atoms with van der Waals surface area (Å²) >= 11 is 1.80. The van der Waals surface area contributed by atoms with Crippen LogP contribution in [0.3, 0.4) is 0 Å². The predicted octanol–water partition coefficient (Wildman–Crippen LogP) is 4.52. The van der Waals surface area contributed by atoms with Crippen molar-refractivity contribution in [2.24, 2.45) is 0 Å². The molecule has 0 radical (unpaired) electrons. The number of hydrogen-bond donors (Lipinski definition) is 1. The Kier molecular flexibility index (Phi) is 4.47. The van der Waals surface area contributed by atoms with E-state index in [1.165, 1.54) is 4.90 Å². The topological polar surface area (TPSA) is 46.5 Å². The van der Waals surface area contributed by atoms with E-state index in [1.54, 1.807) is 23.9 Å². The molecule has 4 heteroatoms. The Morgan fingerprint density at radius 3 is 2.05 bits per heavy atom. The van der Waals surface area contributed by atoms with E-state index in [9.17, 15) is 4.79 Å². The van der Waals surface area contributed by atoms with Crippen LogP contribution in [-0.4, -0.2) is 17.0 Å². The van der Waals surface area contributed by atoms with Gasteiger partial charge in [0.1, 0.15) is 5.75 Å². The Balaban J connectivity index is 2.15. The quantitative estimate of drug-likeness (QED) is 0.506. The van der Waals surface area contributed by atoms with Crippen molar-refractivity contribution in [3.05, 3.63) is 48.5 Å². The second kappa shape index (κ2) is 6.29. The number of hydrogen-bond acceptors (Lipinski definition) is 3.